The van der Waals surface area contributed by atoms with E-state index in [1.165, 1.54) is 0 Å². The number of morpholine rings is 1. The number of primary amides is 1. The van der Waals surface area contributed by atoms with Crippen LogP contribution < -0.4 is 15.2 Å². The Balaban J connectivity index is 2.18. The Bertz CT molecular complexity index is 521. The zero-order valence-corrected chi connectivity index (χ0v) is 13.4. The molecule has 0 aromatic heterocycles. The predicted octanol–water partition coefficient (Wildman–Crippen LogP) is 1.17. The first-order chi connectivity index (χ1) is 10.6. The van der Waals surface area contributed by atoms with Crippen LogP contribution in [0.1, 0.15) is 19.4 Å². The second kappa shape index (κ2) is 7.47. The molecule has 0 saturated carbocycles. The molecule has 2 N–H and O–H groups in total. The van der Waals surface area contributed by atoms with Crippen molar-refractivity contribution in [2.45, 2.75) is 32.5 Å². The zero-order valence-electron chi connectivity index (χ0n) is 13.4. The Labute approximate surface area is 131 Å². The summed E-state index contributed by atoms with van der Waals surface area (Å²) in [5.41, 5.74) is 6.57. The molecule has 122 valence electrons. The molecule has 0 radical (unpaired) electrons. The monoisotopic (exact) mass is 308 g/mol. The maximum absolute atomic E-state index is 11.7. The topological polar surface area (TPSA) is 74.0 Å². The number of amides is 1. The van der Waals surface area contributed by atoms with Crippen molar-refractivity contribution in [2.24, 2.45) is 5.73 Å². The fourth-order valence-corrected chi connectivity index (χ4v) is 2.79. The number of carbonyl (C=O) groups is 1. The highest BCUT2D eigenvalue weighted by Crippen LogP contribution is 2.29. The number of hydrogen-bond acceptors (Lipinski definition) is 5. The molecule has 0 bridgehead atoms. The summed E-state index contributed by atoms with van der Waals surface area (Å²) in [6.07, 6.45) is -0.198. The second-order valence-corrected chi connectivity index (χ2v) is 5.31. The summed E-state index contributed by atoms with van der Waals surface area (Å²) in [7, 11) is 1.62. The van der Waals surface area contributed by atoms with E-state index in [4.69, 9.17) is 19.9 Å². The van der Waals surface area contributed by atoms with Gasteiger partial charge in [0, 0.05) is 13.1 Å². The van der Waals surface area contributed by atoms with Gasteiger partial charge in [0.25, 0.3) is 0 Å². The largest absolute Gasteiger partial charge is 0.493 e. The minimum absolute atomic E-state index is 0.198. The van der Waals surface area contributed by atoms with Gasteiger partial charge in [0.15, 0.2) is 11.5 Å². The minimum atomic E-state index is -0.411. The van der Waals surface area contributed by atoms with Crippen LogP contribution in [0.2, 0.25) is 0 Å². The van der Waals surface area contributed by atoms with Gasteiger partial charge >= 0.3 is 0 Å². The number of ether oxygens (including phenoxy) is 3. The van der Waals surface area contributed by atoms with Gasteiger partial charge in [-0.05, 0) is 31.5 Å². The van der Waals surface area contributed by atoms with Crippen molar-refractivity contribution in [3.8, 4) is 11.5 Å². The van der Waals surface area contributed by atoms with Crippen LogP contribution in [0.3, 0.4) is 0 Å². The van der Waals surface area contributed by atoms with Crippen molar-refractivity contribution in [1.82, 2.24) is 4.90 Å². The smallest absolute Gasteiger partial charge is 0.237 e. The Hall–Kier alpha value is -1.79. The van der Waals surface area contributed by atoms with Gasteiger partial charge in [-0.25, -0.2) is 0 Å². The van der Waals surface area contributed by atoms with Crippen molar-refractivity contribution in [1.29, 1.82) is 0 Å². The number of rotatable bonds is 6. The van der Waals surface area contributed by atoms with E-state index in [0.29, 0.717) is 37.8 Å². The summed E-state index contributed by atoms with van der Waals surface area (Å²) < 4.78 is 16.4. The van der Waals surface area contributed by atoms with Crippen LogP contribution in [0.5, 0.6) is 11.5 Å². The van der Waals surface area contributed by atoms with Crippen molar-refractivity contribution in [2.75, 3.05) is 26.9 Å². The highest BCUT2D eigenvalue weighted by Gasteiger charge is 2.33. The molecule has 2 atom stereocenters. The van der Waals surface area contributed by atoms with E-state index < -0.39 is 6.04 Å². The van der Waals surface area contributed by atoms with Crippen LogP contribution in [0.4, 0.5) is 0 Å². The molecule has 0 unspecified atom stereocenters. The lowest BCUT2D eigenvalue weighted by Gasteiger charge is -2.37. The second-order valence-electron chi connectivity index (χ2n) is 5.31. The van der Waals surface area contributed by atoms with Crippen molar-refractivity contribution in [3.63, 3.8) is 0 Å². The molecule has 1 aliphatic heterocycles. The van der Waals surface area contributed by atoms with Gasteiger partial charge in [-0.3, -0.25) is 9.69 Å². The van der Waals surface area contributed by atoms with Crippen molar-refractivity contribution in [3.05, 3.63) is 23.8 Å². The number of carbonyl (C=O) groups excluding carboxylic acids is 1. The molecule has 1 heterocycles. The normalized spacial score (nSPS) is 22.3. The van der Waals surface area contributed by atoms with E-state index in [0.717, 1.165) is 5.56 Å². The van der Waals surface area contributed by atoms with E-state index >= 15 is 0 Å². The summed E-state index contributed by atoms with van der Waals surface area (Å²) in [4.78, 5) is 13.7. The Morgan fingerprint density at radius 1 is 1.45 bits per heavy atom. The number of methoxy groups -OCH3 is 1. The molecule has 22 heavy (non-hydrogen) atoms. The molecule has 1 fully saturated rings. The van der Waals surface area contributed by atoms with Gasteiger partial charge in [0.1, 0.15) is 6.04 Å². The zero-order chi connectivity index (χ0) is 16.1. The minimum Gasteiger partial charge on any atom is -0.493 e. The first-order valence-corrected chi connectivity index (χ1v) is 7.51. The molecule has 0 aliphatic carbocycles. The number of benzene rings is 1. The maximum atomic E-state index is 11.7. The van der Waals surface area contributed by atoms with E-state index in [1.807, 2.05) is 36.9 Å². The first-order valence-electron chi connectivity index (χ1n) is 7.51. The molecule has 2 rings (SSSR count). The SMILES string of the molecule is CCOc1cc(CN2CCO[C@H](C)[C@H]2C(N)=O)ccc1OC. The van der Waals surface area contributed by atoms with Gasteiger partial charge in [0.05, 0.1) is 26.4 Å². The molecule has 1 amide bonds. The summed E-state index contributed by atoms with van der Waals surface area (Å²) in [6.45, 7) is 6.26. The van der Waals surface area contributed by atoms with Crippen LogP contribution in [0.25, 0.3) is 0 Å². The van der Waals surface area contributed by atoms with Gasteiger partial charge in [-0.1, -0.05) is 6.07 Å². The molecule has 0 spiro atoms. The lowest BCUT2D eigenvalue weighted by Crippen LogP contribution is -2.56. The van der Waals surface area contributed by atoms with Crippen molar-refractivity contribution >= 4 is 5.91 Å². The van der Waals surface area contributed by atoms with E-state index in [2.05, 4.69) is 0 Å². The predicted molar refractivity (Wildman–Crippen MR) is 83.0 cm³/mol. The molecule has 6 heteroatoms. The lowest BCUT2D eigenvalue weighted by molar-refractivity contribution is -0.136. The Morgan fingerprint density at radius 3 is 2.86 bits per heavy atom. The summed E-state index contributed by atoms with van der Waals surface area (Å²) in [5.74, 6) is 1.05. The fraction of sp³-hybridized carbons (Fsp3) is 0.562. The highest BCUT2D eigenvalue weighted by atomic mass is 16.5. The molecular weight excluding hydrogens is 284 g/mol. The average molecular weight is 308 g/mol. The van der Waals surface area contributed by atoms with Crippen molar-refractivity contribution < 1.29 is 19.0 Å². The highest BCUT2D eigenvalue weighted by molar-refractivity contribution is 5.80. The average Bonchev–Trinajstić information content (AvgIpc) is 2.47. The molecular formula is C16H24N2O4. The number of nitrogens with two attached hydrogens (primary N) is 1. The summed E-state index contributed by atoms with van der Waals surface area (Å²) in [5, 5.41) is 0. The van der Waals surface area contributed by atoms with Gasteiger partial charge in [-0.15, -0.1) is 0 Å². The number of nitrogens with zero attached hydrogens (tertiary/aromatic N) is 1. The van der Waals surface area contributed by atoms with E-state index in [9.17, 15) is 4.79 Å². The van der Waals surface area contributed by atoms with Gasteiger partial charge in [0.2, 0.25) is 5.91 Å². The maximum Gasteiger partial charge on any atom is 0.237 e. The van der Waals surface area contributed by atoms with Crippen LogP contribution in [-0.2, 0) is 16.1 Å². The third-order valence-corrected chi connectivity index (χ3v) is 3.80. The van der Waals surface area contributed by atoms with Gasteiger partial charge in [-0.2, -0.15) is 0 Å². The third kappa shape index (κ3) is 3.69. The summed E-state index contributed by atoms with van der Waals surface area (Å²) >= 11 is 0. The molecule has 1 saturated heterocycles. The van der Waals surface area contributed by atoms with E-state index in [1.54, 1.807) is 7.11 Å². The fourth-order valence-electron chi connectivity index (χ4n) is 2.79. The Morgan fingerprint density at radius 2 is 2.23 bits per heavy atom. The first kappa shape index (κ1) is 16.6. The quantitative estimate of drug-likeness (QED) is 0.854. The molecule has 1 aliphatic rings. The Kier molecular flexibility index (Phi) is 5.63. The standard InChI is InChI=1S/C16H24N2O4/c1-4-21-14-9-12(5-6-13(14)20-3)10-18-7-8-22-11(2)15(18)16(17)19/h5-6,9,11,15H,4,7-8,10H2,1-3H3,(H2,17,19)/t11-,15+/m1/s1. The summed E-state index contributed by atoms with van der Waals surface area (Å²) in [6, 6.07) is 5.38. The van der Waals surface area contributed by atoms with Crippen LogP contribution in [0, 0.1) is 0 Å². The number of hydrogen-bond donors (Lipinski definition) is 1. The molecule has 1 aromatic rings. The van der Waals surface area contributed by atoms with Crippen LogP contribution in [-0.4, -0.2) is 49.8 Å². The van der Waals surface area contributed by atoms with E-state index in [-0.39, 0.29) is 12.0 Å². The molecule has 1 aromatic carbocycles. The molecule has 6 nitrogen and oxygen atoms in total. The van der Waals surface area contributed by atoms with Gasteiger partial charge < -0.3 is 19.9 Å². The third-order valence-electron chi connectivity index (χ3n) is 3.80. The van der Waals surface area contributed by atoms with Crippen LogP contribution >= 0.6 is 0 Å². The van der Waals surface area contributed by atoms with Crippen LogP contribution in [0.15, 0.2) is 18.2 Å². The lowest BCUT2D eigenvalue weighted by atomic mass is 10.1.